The van der Waals surface area contributed by atoms with Crippen molar-refractivity contribution in [3.63, 3.8) is 0 Å². The standard InChI is InChI=1S/C22H25ClN2O/c23-18-9-4-8-17(12-18)22(26)24-19-13-20-10-5-11-21(14-19)25(20)15-16-6-2-1-3-7-16/h1-4,6-9,12,19-21H,5,10-11,13-15H2,(H,24,26)/t20-,21-/m1/s1. The molecule has 136 valence electrons. The third kappa shape index (κ3) is 3.94. The Morgan fingerprint density at radius 3 is 2.46 bits per heavy atom. The maximum Gasteiger partial charge on any atom is 0.251 e. The minimum absolute atomic E-state index is 0.00733. The highest BCUT2D eigenvalue weighted by Gasteiger charge is 2.38. The lowest BCUT2D eigenvalue weighted by Crippen LogP contribution is -2.56. The molecule has 26 heavy (non-hydrogen) atoms. The highest BCUT2D eigenvalue weighted by Crippen LogP contribution is 2.35. The van der Waals surface area contributed by atoms with Gasteiger partial charge in [-0.2, -0.15) is 0 Å². The summed E-state index contributed by atoms with van der Waals surface area (Å²) in [5, 5.41) is 3.86. The molecule has 2 heterocycles. The van der Waals surface area contributed by atoms with Crippen molar-refractivity contribution in [1.82, 2.24) is 10.2 Å². The number of carbonyl (C=O) groups is 1. The van der Waals surface area contributed by atoms with Crippen LogP contribution in [0.25, 0.3) is 0 Å². The summed E-state index contributed by atoms with van der Waals surface area (Å²) in [7, 11) is 0. The van der Waals surface area contributed by atoms with E-state index in [0.717, 1.165) is 19.4 Å². The number of carbonyl (C=O) groups excluding carboxylic acids is 1. The molecule has 0 aliphatic carbocycles. The van der Waals surface area contributed by atoms with E-state index in [0.29, 0.717) is 22.7 Å². The van der Waals surface area contributed by atoms with Crippen LogP contribution in [-0.4, -0.2) is 28.9 Å². The van der Waals surface area contributed by atoms with Gasteiger partial charge in [-0.05, 0) is 49.4 Å². The maximum absolute atomic E-state index is 12.6. The molecule has 2 aliphatic heterocycles. The summed E-state index contributed by atoms with van der Waals surface area (Å²) in [5.74, 6) is -0.00733. The largest absolute Gasteiger partial charge is 0.349 e. The second-order valence-electron chi connectivity index (χ2n) is 7.55. The minimum Gasteiger partial charge on any atom is -0.349 e. The third-order valence-corrected chi connectivity index (χ3v) is 5.99. The first-order chi connectivity index (χ1) is 12.7. The molecule has 2 aromatic carbocycles. The number of piperidine rings is 2. The van der Waals surface area contributed by atoms with Crippen LogP contribution in [0.4, 0.5) is 0 Å². The van der Waals surface area contributed by atoms with E-state index in [-0.39, 0.29) is 11.9 Å². The zero-order valence-corrected chi connectivity index (χ0v) is 15.7. The lowest BCUT2D eigenvalue weighted by Gasteiger charge is -2.49. The summed E-state index contributed by atoms with van der Waals surface area (Å²) < 4.78 is 0. The fourth-order valence-electron chi connectivity index (χ4n) is 4.55. The Labute approximate surface area is 160 Å². The number of halogens is 1. The number of nitrogens with one attached hydrogen (secondary N) is 1. The average molecular weight is 369 g/mol. The van der Waals surface area contributed by atoms with Gasteiger partial charge in [0.25, 0.3) is 5.91 Å². The fourth-order valence-corrected chi connectivity index (χ4v) is 4.74. The van der Waals surface area contributed by atoms with Crippen molar-refractivity contribution >= 4 is 17.5 Å². The molecule has 3 nitrogen and oxygen atoms in total. The molecule has 2 bridgehead atoms. The Balaban J connectivity index is 1.42. The van der Waals surface area contributed by atoms with Crippen LogP contribution < -0.4 is 5.32 Å². The van der Waals surface area contributed by atoms with E-state index in [9.17, 15) is 4.79 Å². The van der Waals surface area contributed by atoms with E-state index in [1.54, 1.807) is 12.1 Å². The summed E-state index contributed by atoms with van der Waals surface area (Å²) in [6.45, 7) is 1.02. The molecule has 2 fully saturated rings. The SMILES string of the molecule is O=C(NC1C[C@H]2CCC[C@H](C1)N2Cc1ccccc1)c1cccc(Cl)c1. The van der Waals surface area contributed by atoms with Crippen molar-refractivity contribution in [2.45, 2.75) is 56.8 Å². The normalized spacial score (nSPS) is 25.7. The molecular formula is C22H25ClN2O. The summed E-state index contributed by atoms with van der Waals surface area (Å²) in [5.41, 5.74) is 2.03. The first-order valence-corrected chi connectivity index (χ1v) is 9.93. The van der Waals surface area contributed by atoms with Gasteiger partial charge in [0.05, 0.1) is 0 Å². The van der Waals surface area contributed by atoms with Crippen LogP contribution >= 0.6 is 11.6 Å². The highest BCUT2D eigenvalue weighted by molar-refractivity contribution is 6.30. The van der Waals surface area contributed by atoms with Gasteiger partial charge in [0.1, 0.15) is 0 Å². The predicted octanol–water partition coefficient (Wildman–Crippen LogP) is 4.66. The predicted molar refractivity (Wildman–Crippen MR) is 105 cm³/mol. The van der Waals surface area contributed by atoms with Crippen LogP contribution in [0, 0.1) is 0 Å². The number of rotatable bonds is 4. The lowest BCUT2D eigenvalue weighted by molar-refractivity contribution is 0.0177. The molecular weight excluding hydrogens is 344 g/mol. The van der Waals surface area contributed by atoms with Crippen LogP contribution in [0.2, 0.25) is 5.02 Å². The quantitative estimate of drug-likeness (QED) is 0.851. The topological polar surface area (TPSA) is 32.3 Å². The molecule has 1 N–H and O–H groups in total. The molecule has 0 radical (unpaired) electrons. The number of fused-ring (bicyclic) bond motifs is 2. The van der Waals surface area contributed by atoms with E-state index in [4.69, 9.17) is 11.6 Å². The second-order valence-corrected chi connectivity index (χ2v) is 7.99. The minimum atomic E-state index is -0.00733. The van der Waals surface area contributed by atoms with Gasteiger partial charge in [0.15, 0.2) is 0 Å². The van der Waals surface area contributed by atoms with Crippen molar-refractivity contribution in [2.75, 3.05) is 0 Å². The first-order valence-electron chi connectivity index (χ1n) is 9.55. The second kappa shape index (κ2) is 7.81. The van der Waals surface area contributed by atoms with E-state index in [2.05, 4.69) is 40.5 Å². The number of hydrogen-bond donors (Lipinski definition) is 1. The average Bonchev–Trinajstić information content (AvgIpc) is 2.63. The molecule has 0 unspecified atom stereocenters. The summed E-state index contributed by atoms with van der Waals surface area (Å²) in [4.78, 5) is 15.2. The van der Waals surface area contributed by atoms with Crippen molar-refractivity contribution in [3.05, 3.63) is 70.7 Å². The third-order valence-electron chi connectivity index (χ3n) is 5.76. The van der Waals surface area contributed by atoms with Gasteiger partial charge >= 0.3 is 0 Å². The van der Waals surface area contributed by atoms with Crippen LogP contribution in [-0.2, 0) is 6.54 Å². The van der Waals surface area contributed by atoms with Gasteiger partial charge in [-0.25, -0.2) is 0 Å². The van der Waals surface area contributed by atoms with E-state index in [1.807, 2.05) is 12.1 Å². The van der Waals surface area contributed by atoms with Gasteiger partial charge in [-0.1, -0.05) is 54.4 Å². The Bertz CT molecular complexity index is 750. The molecule has 2 aliphatic rings. The van der Waals surface area contributed by atoms with Crippen LogP contribution in [0.5, 0.6) is 0 Å². The first kappa shape index (κ1) is 17.6. The summed E-state index contributed by atoms with van der Waals surface area (Å²) in [6, 6.07) is 19.3. The molecule has 4 rings (SSSR count). The van der Waals surface area contributed by atoms with Gasteiger partial charge < -0.3 is 5.32 Å². The van der Waals surface area contributed by atoms with Crippen molar-refractivity contribution in [2.24, 2.45) is 0 Å². The van der Waals surface area contributed by atoms with Crippen LogP contribution in [0.1, 0.15) is 48.0 Å². The molecule has 0 saturated carbocycles. The van der Waals surface area contributed by atoms with Gasteiger partial charge in [0.2, 0.25) is 0 Å². The smallest absolute Gasteiger partial charge is 0.251 e. The molecule has 0 spiro atoms. The number of benzene rings is 2. The Morgan fingerprint density at radius 2 is 1.77 bits per heavy atom. The molecule has 4 heteroatoms. The zero-order valence-electron chi connectivity index (χ0n) is 14.9. The van der Waals surface area contributed by atoms with E-state index < -0.39 is 0 Å². The fraction of sp³-hybridized carbons (Fsp3) is 0.409. The van der Waals surface area contributed by atoms with E-state index >= 15 is 0 Å². The van der Waals surface area contributed by atoms with Crippen LogP contribution in [0.15, 0.2) is 54.6 Å². The Morgan fingerprint density at radius 1 is 1.04 bits per heavy atom. The molecule has 0 aromatic heterocycles. The van der Waals surface area contributed by atoms with Crippen molar-refractivity contribution in [3.8, 4) is 0 Å². The molecule has 2 aromatic rings. The highest BCUT2D eigenvalue weighted by atomic mass is 35.5. The Hall–Kier alpha value is -1.84. The van der Waals surface area contributed by atoms with E-state index in [1.165, 1.54) is 24.8 Å². The number of hydrogen-bond acceptors (Lipinski definition) is 2. The van der Waals surface area contributed by atoms with Gasteiger partial charge in [0, 0.05) is 35.3 Å². The molecule has 1 amide bonds. The monoisotopic (exact) mass is 368 g/mol. The molecule has 2 saturated heterocycles. The van der Waals surface area contributed by atoms with Gasteiger partial charge in [-0.3, -0.25) is 9.69 Å². The summed E-state index contributed by atoms with van der Waals surface area (Å²) in [6.07, 6.45) is 5.83. The van der Waals surface area contributed by atoms with Crippen LogP contribution in [0.3, 0.4) is 0 Å². The zero-order chi connectivity index (χ0) is 17.9. The Kier molecular flexibility index (Phi) is 5.28. The molecule has 2 atom stereocenters. The van der Waals surface area contributed by atoms with Gasteiger partial charge in [-0.15, -0.1) is 0 Å². The van der Waals surface area contributed by atoms with Crippen molar-refractivity contribution in [1.29, 1.82) is 0 Å². The summed E-state index contributed by atoms with van der Waals surface area (Å²) >= 11 is 6.02. The van der Waals surface area contributed by atoms with Crippen molar-refractivity contribution < 1.29 is 4.79 Å². The maximum atomic E-state index is 12.6. The number of amides is 1. The lowest BCUT2D eigenvalue weighted by atomic mass is 9.81. The number of nitrogens with zero attached hydrogens (tertiary/aromatic N) is 1.